The van der Waals surface area contributed by atoms with Crippen molar-refractivity contribution in [2.75, 3.05) is 14.2 Å². The molecule has 0 radical (unpaired) electrons. The van der Waals surface area contributed by atoms with E-state index in [4.69, 9.17) is 4.74 Å². The molecule has 0 saturated carbocycles. The first-order valence-corrected chi connectivity index (χ1v) is 6.98. The van der Waals surface area contributed by atoms with E-state index in [9.17, 15) is 9.59 Å². The molecular formula is C18H18O4. The monoisotopic (exact) mass is 298 g/mol. The smallest absolute Gasteiger partial charge is 0.337 e. The average molecular weight is 298 g/mol. The second-order valence-corrected chi connectivity index (χ2v) is 4.85. The van der Waals surface area contributed by atoms with Crippen molar-refractivity contribution in [3.8, 4) is 11.1 Å². The first-order valence-electron chi connectivity index (χ1n) is 6.98. The number of benzene rings is 2. The Balaban J connectivity index is 2.13. The second-order valence-electron chi connectivity index (χ2n) is 4.85. The van der Waals surface area contributed by atoms with Crippen LogP contribution < -0.4 is 0 Å². The highest BCUT2D eigenvalue weighted by Crippen LogP contribution is 2.21. The van der Waals surface area contributed by atoms with E-state index in [2.05, 4.69) is 4.74 Å². The molecule has 0 saturated heterocycles. The van der Waals surface area contributed by atoms with Gasteiger partial charge >= 0.3 is 11.9 Å². The molecule has 2 rings (SSSR count). The van der Waals surface area contributed by atoms with E-state index in [0.717, 1.165) is 16.7 Å². The lowest BCUT2D eigenvalue weighted by Crippen LogP contribution is -2.02. The minimum atomic E-state index is -0.350. The zero-order chi connectivity index (χ0) is 15.9. The molecule has 0 aliphatic rings. The summed E-state index contributed by atoms with van der Waals surface area (Å²) in [5.41, 5.74) is 3.54. The molecule has 0 atom stereocenters. The minimum Gasteiger partial charge on any atom is -0.469 e. The van der Waals surface area contributed by atoms with Crippen LogP contribution in [0.3, 0.4) is 0 Å². The minimum absolute atomic E-state index is 0.213. The highest BCUT2D eigenvalue weighted by atomic mass is 16.5. The summed E-state index contributed by atoms with van der Waals surface area (Å²) >= 11 is 0. The maximum Gasteiger partial charge on any atom is 0.337 e. The standard InChI is InChI=1S/C18H18O4/c1-21-17(19)11-8-13-6-9-14(10-7-13)15-4-3-5-16(12-15)18(20)22-2/h3-7,9-10,12H,8,11H2,1-2H3. The Morgan fingerprint density at radius 1 is 0.909 bits per heavy atom. The largest absolute Gasteiger partial charge is 0.469 e. The van der Waals surface area contributed by atoms with Crippen molar-refractivity contribution < 1.29 is 19.1 Å². The summed E-state index contributed by atoms with van der Waals surface area (Å²) < 4.78 is 9.36. The van der Waals surface area contributed by atoms with Crippen molar-refractivity contribution in [1.29, 1.82) is 0 Å². The van der Waals surface area contributed by atoms with Gasteiger partial charge in [0.25, 0.3) is 0 Å². The Morgan fingerprint density at radius 2 is 1.64 bits per heavy atom. The Morgan fingerprint density at radius 3 is 2.27 bits per heavy atom. The number of hydrogen-bond donors (Lipinski definition) is 0. The van der Waals surface area contributed by atoms with Crippen LogP contribution in [-0.4, -0.2) is 26.2 Å². The van der Waals surface area contributed by atoms with E-state index in [1.54, 1.807) is 12.1 Å². The molecule has 2 aromatic carbocycles. The van der Waals surface area contributed by atoms with Crippen LogP contribution in [0.1, 0.15) is 22.3 Å². The van der Waals surface area contributed by atoms with E-state index >= 15 is 0 Å². The van der Waals surface area contributed by atoms with Gasteiger partial charge in [-0.25, -0.2) is 4.79 Å². The summed E-state index contributed by atoms with van der Waals surface area (Å²) in [5.74, 6) is -0.564. The summed E-state index contributed by atoms with van der Waals surface area (Å²) in [7, 11) is 2.75. The summed E-state index contributed by atoms with van der Waals surface area (Å²) in [5, 5.41) is 0. The average Bonchev–Trinajstić information content (AvgIpc) is 2.59. The summed E-state index contributed by atoms with van der Waals surface area (Å²) in [6, 6.07) is 15.2. The van der Waals surface area contributed by atoms with E-state index in [1.807, 2.05) is 36.4 Å². The molecule has 4 nitrogen and oxygen atoms in total. The van der Waals surface area contributed by atoms with Crippen LogP contribution in [0.5, 0.6) is 0 Å². The lowest BCUT2D eigenvalue weighted by Gasteiger charge is -2.06. The predicted molar refractivity (Wildman–Crippen MR) is 83.6 cm³/mol. The topological polar surface area (TPSA) is 52.6 Å². The molecule has 0 aliphatic carbocycles. The molecule has 4 heteroatoms. The SMILES string of the molecule is COC(=O)CCc1ccc(-c2cccc(C(=O)OC)c2)cc1. The Bertz CT molecular complexity index is 659. The van der Waals surface area contributed by atoms with Crippen molar-refractivity contribution in [1.82, 2.24) is 0 Å². The third kappa shape index (κ3) is 3.95. The summed E-state index contributed by atoms with van der Waals surface area (Å²) in [4.78, 5) is 22.7. The Hall–Kier alpha value is -2.62. The predicted octanol–water partition coefficient (Wildman–Crippen LogP) is 3.25. The fourth-order valence-corrected chi connectivity index (χ4v) is 2.16. The van der Waals surface area contributed by atoms with E-state index in [0.29, 0.717) is 18.4 Å². The lowest BCUT2D eigenvalue weighted by molar-refractivity contribution is -0.140. The van der Waals surface area contributed by atoms with Crippen molar-refractivity contribution in [3.63, 3.8) is 0 Å². The number of hydrogen-bond acceptors (Lipinski definition) is 4. The summed E-state index contributed by atoms with van der Waals surface area (Å²) in [6.45, 7) is 0. The molecule has 0 spiro atoms. The number of ether oxygens (including phenoxy) is 2. The van der Waals surface area contributed by atoms with Crippen LogP contribution in [0.15, 0.2) is 48.5 Å². The van der Waals surface area contributed by atoms with Crippen LogP contribution in [0.4, 0.5) is 0 Å². The molecule has 0 fully saturated rings. The van der Waals surface area contributed by atoms with Gasteiger partial charge in [0.05, 0.1) is 19.8 Å². The van der Waals surface area contributed by atoms with Crippen LogP contribution in [-0.2, 0) is 20.7 Å². The highest BCUT2D eigenvalue weighted by molar-refractivity contribution is 5.90. The van der Waals surface area contributed by atoms with E-state index < -0.39 is 0 Å². The van der Waals surface area contributed by atoms with Crippen LogP contribution in [0, 0.1) is 0 Å². The molecule has 0 amide bonds. The van der Waals surface area contributed by atoms with Gasteiger partial charge in [-0.2, -0.15) is 0 Å². The highest BCUT2D eigenvalue weighted by Gasteiger charge is 2.07. The fraction of sp³-hybridized carbons (Fsp3) is 0.222. The molecule has 0 heterocycles. The van der Waals surface area contributed by atoms with Crippen molar-refractivity contribution in [3.05, 3.63) is 59.7 Å². The molecule has 0 N–H and O–H groups in total. The van der Waals surface area contributed by atoms with Gasteiger partial charge < -0.3 is 9.47 Å². The maximum atomic E-state index is 11.6. The number of esters is 2. The molecule has 2 aromatic rings. The van der Waals surface area contributed by atoms with Gasteiger partial charge in [-0.15, -0.1) is 0 Å². The lowest BCUT2D eigenvalue weighted by atomic mass is 10.0. The van der Waals surface area contributed by atoms with E-state index in [1.165, 1.54) is 14.2 Å². The zero-order valence-corrected chi connectivity index (χ0v) is 12.7. The molecule has 0 unspecified atom stereocenters. The van der Waals surface area contributed by atoms with Gasteiger partial charge in [0.15, 0.2) is 0 Å². The fourth-order valence-electron chi connectivity index (χ4n) is 2.16. The number of rotatable bonds is 5. The van der Waals surface area contributed by atoms with Gasteiger partial charge in [-0.1, -0.05) is 36.4 Å². The van der Waals surface area contributed by atoms with Crippen molar-refractivity contribution in [2.24, 2.45) is 0 Å². The molecule has 0 aromatic heterocycles. The number of methoxy groups -OCH3 is 2. The van der Waals surface area contributed by atoms with Crippen molar-refractivity contribution in [2.45, 2.75) is 12.8 Å². The normalized spacial score (nSPS) is 10.1. The Kier molecular flexibility index (Phi) is 5.31. The van der Waals surface area contributed by atoms with E-state index in [-0.39, 0.29) is 11.9 Å². The Labute approximate surface area is 129 Å². The number of carbonyl (C=O) groups is 2. The van der Waals surface area contributed by atoms with Gasteiger partial charge in [0, 0.05) is 6.42 Å². The molecule has 0 aliphatic heterocycles. The van der Waals surface area contributed by atoms with Crippen molar-refractivity contribution >= 4 is 11.9 Å². The third-order valence-electron chi connectivity index (χ3n) is 3.42. The van der Waals surface area contributed by atoms with Gasteiger partial charge in [-0.3, -0.25) is 4.79 Å². The molecule has 114 valence electrons. The van der Waals surface area contributed by atoms with Crippen LogP contribution in [0.2, 0.25) is 0 Å². The molecular weight excluding hydrogens is 280 g/mol. The zero-order valence-electron chi connectivity index (χ0n) is 12.7. The first-order chi connectivity index (χ1) is 10.6. The third-order valence-corrected chi connectivity index (χ3v) is 3.42. The molecule has 0 bridgehead atoms. The summed E-state index contributed by atoms with van der Waals surface area (Å²) in [6.07, 6.45) is 1.02. The maximum absolute atomic E-state index is 11.6. The molecule has 22 heavy (non-hydrogen) atoms. The first kappa shape index (κ1) is 15.8. The van der Waals surface area contributed by atoms with Gasteiger partial charge in [0.1, 0.15) is 0 Å². The number of aryl methyl sites for hydroxylation is 1. The second kappa shape index (κ2) is 7.41. The number of carbonyl (C=O) groups excluding carboxylic acids is 2. The quantitative estimate of drug-likeness (QED) is 0.795. The van der Waals surface area contributed by atoms with Crippen LogP contribution >= 0.6 is 0 Å². The van der Waals surface area contributed by atoms with Crippen LogP contribution in [0.25, 0.3) is 11.1 Å². The van der Waals surface area contributed by atoms with Gasteiger partial charge in [-0.05, 0) is 35.2 Å². The van der Waals surface area contributed by atoms with Gasteiger partial charge in [0.2, 0.25) is 0 Å².